The number of hydrogen-bond donors (Lipinski definition) is 1. The van der Waals surface area contributed by atoms with E-state index in [2.05, 4.69) is 15.6 Å². The van der Waals surface area contributed by atoms with Crippen LogP contribution in [0.15, 0.2) is 42.6 Å². The molecular weight excluding hydrogens is 258 g/mol. The molecule has 0 spiro atoms. The molecule has 0 aliphatic heterocycles. The van der Waals surface area contributed by atoms with Crippen molar-refractivity contribution in [3.8, 4) is 11.4 Å². The zero-order chi connectivity index (χ0) is 13.4. The van der Waals surface area contributed by atoms with Crippen molar-refractivity contribution in [2.45, 2.75) is 6.54 Å². The van der Waals surface area contributed by atoms with Crippen molar-refractivity contribution < 1.29 is 0 Å². The fourth-order valence-electron chi connectivity index (χ4n) is 2.26. The number of halogens is 1. The monoisotopic (exact) mass is 271 g/mol. The van der Waals surface area contributed by atoms with Gasteiger partial charge in [-0.2, -0.15) is 0 Å². The lowest BCUT2D eigenvalue weighted by molar-refractivity contribution is 0.966. The van der Waals surface area contributed by atoms with Gasteiger partial charge in [0.25, 0.3) is 0 Å². The number of nitrogens with zero attached hydrogens (tertiary/aromatic N) is 2. The van der Waals surface area contributed by atoms with Gasteiger partial charge in [0.15, 0.2) is 0 Å². The van der Waals surface area contributed by atoms with Crippen LogP contribution >= 0.6 is 11.6 Å². The summed E-state index contributed by atoms with van der Waals surface area (Å²) in [7, 11) is 2.03. The SMILES string of the molecule is Cn1c(-c2ccc(CN)cn2)cc2cc(Cl)ccc21. The number of rotatable bonds is 2. The summed E-state index contributed by atoms with van der Waals surface area (Å²) < 4.78 is 2.12. The first-order chi connectivity index (χ1) is 9.19. The van der Waals surface area contributed by atoms with Crippen LogP contribution in [0.4, 0.5) is 0 Å². The molecule has 3 nitrogen and oxygen atoms in total. The van der Waals surface area contributed by atoms with E-state index < -0.39 is 0 Å². The first kappa shape index (κ1) is 12.2. The highest BCUT2D eigenvalue weighted by Crippen LogP contribution is 2.27. The van der Waals surface area contributed by atoms with Gasteiger partial charge in [-0.15, -0.1) is 0 Å². The van der Waals surface area contributed by atoms with Crippen LogP contribution in [0.3, 0.4) is 0 Å². The molecule has 0 saturated heterocycles. The molecule has 1 aromatic carbocycles. The zero-order valence-corrected chi connectivity index (χ0v) is 11.4. The molecule has 2 aromatic heterocycles. The Balaban J connectivity index is 2.15. The van der Waals surface area contributed by atoms with Gasteiger partial charge in [0.05, 0.1) is 11.4 Å². The Kier molecular flexibility index (Phi) is 3.01. The molecule has 4 heteroatoms. The maximum Gasteiger partial charge on any atom is 0.0866 e. The van der Waals surface area contributed by atoms with E-state index in [1.165, 1.54) is 0 Å². The minimum Gasteiger partial charge on any atom is -0.342 e. The third-order valence-corrected chi connectivity index (χ3v) is 3.56. The maximum absolute atomic E-state index is 6.03. The minimum atomic E-state index is 0.512. The summed E-state index contributed by atoms with van der Waals surface area (Å²) >= 11 is 6.03. The average Bonchev–Trinajstić information content (AvgIpc) is 2.75. The summed E-state index contributed by atoms with van der Waals surface area (Å²) in [6.45, 7) is 0.512. The van der Waals surface area contributed by atoms with Crippen molar-refractivity contribution >= 4 is 22.5 Å². The summed E-state index contributed by atoms with van der Waals surface area (Å²) in [5, 5.41) is 1.87. The van der Waals surface area contributed by atoms with Gasteiger partial charge in [-0.25, -0.2) is 0 Å². The number of nitrogens with two attached hydrogens (primary N) is 1. The molecule has 96 valence electrons. The third-order valence-electron chi connectivity index (χ3n) is 3.33. The molecule has 2 heterocycles. The normalized spacial score (nSPS) is 11.1. The minimum absolute atomic E-state index is 0.512. The lowest BCUT2D eigenvalue weighted by Gasteiger charge is -2.04. The van der Waals surface area contributed by atoms with E-state index in [0.29, 0.717) is 6.54 Å². The second kappa shape index (κ2) is 4.68. The van der Waals surface area contributed by atoms with E-state index in [0.717, 1.165) is 32.9 Å². The van der Waals surface area contributed by atoms with Gasteiger partial charge in [-0.3, -0.25) is 4.98 Å². The first-order valence-electron chi connectivity index (χ1n) is 6.09. The Bertz CT molecular complexity index is 729. The molecule has 0 unspecified atom stereocenters. The van der Waals surface area contributed by atoms with Crippen molar-refractivity contribution in [2.24, 2.45) is 12.8 Å². The predicted octanol–water partition coefficient (Wildman–Crippen LogP) is 3.35. The Hall–Kier alpha value is -1.84. The molecular formula is C15H14ClN3. The highest BCUT2D eigenvalue weighted by Gasteiger charge is 2.09. The van der Waals surface area contributed by atoms with Crippen molar-refractivity contribution in [2.75, 3.05) is 0 Å². The topological polar surface area (TPSA) is 43.8 Å². The van der Waals surface area contributed by atoms with E-state index in [1.807, 2.05) is 43.6 Å². The molecule has 0 bridgehead atoms. The van der Waals surface area contributed by atoms with Crippen molar-refractivity contribution in [3.05, 3.63) is 53.2 Å². The van der Waals surface area contributed by atoms with Crippen molar-refractivity contribution in [1.29, 1.82) is 0 Å². The molecule has 0 radical (unpaired) electrons. The van der Waals surface area contributed by atoms with Crippen molar-refractivity contribution in [1.82, 2.24) is 9.55 Å². The second-order valence-corrected chi connectivity index (χ2v) is 4.98. The lowest BCUT2D eigenvalue weighted by atomic mass is 10.2. The maximum atomic E-state index is 6.03. The van der Waals surface area contributed by atoms with Gasteiger partial charge >= 0.3 is 0 Å². The fourth-order valence-corrected chi connectivity index (χ4v) is 2.44. The van der Waals surface area contributed by atoms with E-state index in [1.54, 1.807) is 0 Å². The van der Waals surface area contributed by atoms with Crippen LogP contribution in [0.1, 0.15) is 5.56 Å². The Morgan fingerprint density at radius 1 is 1.21 bits per heavy atom. The number of benzene rings is 1. The zero-order valence-electron chi connectivity index (χ0n) is 10.6. The van der Waals surface area contributed by atoms with Crippen LogP contribution < -0.4 is 5.73 Å². The van der Waals surface area contributed by atoms with Crippen molar-refractivity contribution in [3.63, 3.8) is 0 Å². The molecule has 0 aliphatic carbocycles. The highest BCUT2D eigenvalue weighted by molar-refractivity contribution is 6.31. The van der Waals surface area contributed by atoms with E-state index in [-0.39, 0.29) is 0 Å². The number of aromatic nitrogens is 2. The molecule has 0 atom stereocenters. The molecule has 2 N–H and O–H groups in total. The molecule has 0 fully saturated rings. The van der Waals surface area contributed by atoms with Crippen LogP contribution in [0, 0.1) is 0 Å². The molecule has 0 aliphatic rings. The van der Waals surface area contributed by atoms with Crippen LogP contribution in [-0.2, 0) is 13.6 Å². The van der Waals surface area contributed by atoms with Crippen LogP contribution in [-0.4, -0.2) is 9.55 Å². The van der Waals surface area contributed by atoms with Gasteiger partial charge in [0.2, 0.25) is 0 Å². The van der Waals surface area contributed by atoms with Gasteiger partial charge in [-0.1, -0.05) is 17.7 Å². The van der Waals surface area contributed by atoms with Crippen LogP contribution in [0.2, 0.25) is 5.02 Å². The third kappa shape index (κ3) is 2.11. The van der Waals surface area contributed by atoms with Gasteiger partial charge in [-0.05, 0) is 35.9 Å². The summed E-state index contributed by atoms with van der Waals surface area (Å²) in [5.41, 5.74) is 9.77. The quantitative estimate of drug-likeness (QED) is 0.777. The molecule has 3 aromatic rings. The lowest BCUT2D eigenvalue weighted by Crippen LogP contribution is -1.98. The Labute approximate surface area is 116 Å². The largest absolute Gasteiger partial charge is 0.342 e. The van der Waals surface area contributed by atoms with Gasteiger partial charge in [0.1, 0.15) is 0 Å². The molecule has 0 amide bonds. The summed E-state index contributed by atoms with van der Waals surface area (Å²) in [6, 6.07) is 12.0. The van der Waals surface area contributed by atoms with E-state index >= 15 is 0 Å². The second-order valence-electron chi connectivity index (χ2n) is 4.55. The highest BCUT2D eigenvalue weighted by atomic mass is 35.5. The smallest absolute Gasteiger partial charge is 0.0866 e. The fraction of sp³-hybridized carbons (Fsp3) is 0.133. The van der Waals surface area contributed by atoms with Gasteiger partial charge in [0, 0.05) is 35.7 Å². The number of hydrogen-bond acceptors (Lipinski definition) is 2. The molecule has 3 rings (SSSR count). The Morgan fingerprint density at radius 3 is 2.74 bits per heavy atom. The number of pyridine rings is 1. The average molecular weight is 272 g/mol. The van der Waals surface area contributed by atoms with Crippen LogP contribution in [0.25, 0.3) is 22.3 Å². The van der Waals surface area contributed by atoms with E-state index in [4.69, 9.17) is 17.3 Å². The van der Waals surface area contributed by atoms with Crippen LogP contribution in [0.5, 0.6) is 0 Å². The summed E-state index contributed by atoms with van der Waals surface area (Å²) in [5.74, 6) is 0. The number of aryl methyl sites for hydroxylation is 1. The predicted molar refractivity (Wildman–Crippen MR) is 79.1 cm³/mol. The number of fused-ring (bicyclic) bond motifs is 1. The first-order valence-corrected chi connectivity index (χ1v) is 6.47. The van der Waals surface area contributed by atoms with Gasteiger partial charge < -0.3 is 10.3 Å². The summed E-state index contributed by atoms with van der Waals surface area (Å²) in [4.78, 5) is 4.46. The molecule has 19 heavy (non-hydrogen) atoms. The standard InChI is InChI=1S/C15H14ClN3/c1-19-14-5-3-12(16)6-11(14)7-15(19)13-4-2-10(8-17)9-18-13/h2-7,9H,8,17H2,1H3. The Morgan fingerprint density at radius 2 is 2.05 bits per heavy atom. The van der Waals surface area contributed by atoms with E-state index in [9.17, 15) is 0 Å². The molecule has 0 saturated carbocycles. The summed E-state index contributed by atoms with van der Waals surface area (Å²) in [6.07, 6.45) is 1.82.